The van der Waals surface area contributed by atoms with Gasteiger partial charge in [-0.1, -0.05) is 30.3 Å². The highest BCUT2D eigenvalue weighted by atomic mass is 32.1. The molecule has 0 aliphatic heterocycles. The van der Waals surface area contributed by atoms with Crippen LogP contribution in [-0.4, -0.2) is 22.8 Å². The molecule has 3 N–H and O–H groups in total. The second kappa shape index (κ2) is 7.25. The summed E-state index contributed by atoms with van der Waals surface area (Å²) in [7, 11) is 0. The van der Waals surface area contributed by atoms with E-state index in [1.807, 2.05) is 30.3 Å². The molecule has 6 nitrogen and oxygen atoms in total. The highest BCUT2D eigenvalue weighted by molar-refractivity contribution is 7.21. The molecule has 7 heteroatoms. The maximum Gasteiger partial charge on any atom is 0.316 e. The minimum absolute atomic E-state index is 0.142. The van der Waals surface area contributed by atoms with E-state index in [0.717, 1.165) is 27.0 Å². The highest BCUT2D eigenvalue weighted by Crippen LogP contribution is 2.28. The van der Waals surface area contributed by atoms with Gasteiger partial charge in [0.15, 0.2) is 0 Å². The molecule has 25 heavy (non-hydrogen) atoms. The van der Waals surface area contributed by atoms with E-state index in [-0.39, 0.29) is 17.2 Å². The van der Waals surface area contributed by atoms with Gasteiger partial charge in [0.1, 0.15) is 0 Å². The van der Waals surface area contributed by atoms with E-state index in [2.05, 4.69) is 5.32 Å². The fourth-order valence-electron chi connectivity index (χ4n) is 2.38. The van der Waals surface area contributed by atoms with Crippen molar-refractivity contribution < 1.29 is 19.6 Å². The van der Waals surface area contributed by atoms with Crippen LogP contribution in [0.15, 0.2) is 54.6 Å². The minimum Gasteiger partial charge on any atom is -0.326 e. The number of thiophene rings is 1. The molecule has 2 amide bonds. The van der Waals surface area contributed by atoms with Crippen LogP contribution in [0.25, 0.3) is 10.1 Å². The number of hydrogen-bond donors (Lipinski definition) is 3. The first kappa shape index (κ1) is 16.8. The first-order chi connectivity index (χ1) is 12.1. The maximum atomic E-state index is 12.1. The van der Waals surface area contributed by atoms with Crippen molar-refractivity contribution in [2.45, 2.75) is 6.42 Å². The molecule has 0 aliphatic carbocycles. The fourth-order valence-corrected chi connectivity index (χ4v) is 3.36. The van der Waals surface area contributed by atoms with Crippen molar-refractivity contribution in [2.75, 3.05) is 5.32 Å². The second-order valence-corrected chi connectivity index (χ2v) is 6.43. The molecule has 0 saturated carbocycles. The molecule has 0 radical (unpaired) electrons. The lowest BCUT2D eigenvalue weighted by Gasteiger charge is -2.05. The summed E-state index contributed by atoms with van der Waals surface area (Å²) in [5, 5.41) is 12.1. The van der Waals surface area contributed by atoms with Crippen LogP contribution in [0.2, 0.25) is 0 Å². The molecule has 3 aromatic rings. The molecule has 0 fully saturated rings. The van der Waals surface area contributed by atoms with E-state index < -0.39 is 11.7 Å². The Morgan fingerprint density at radius 3 is 2.48 bits per heavy atom. The van der Waals surface area contributed by atoms with Gasteiger partial charge in [-0.05, 0) is 35.2 Å². The van der Waals surface area contributed by atoms with Gasteiger partial charge in [0, 0.05) is 10.4 Å². The lowest BCUT2D eigenvalue weighted by atomic mass is 10.1. The van der Waals surface area contributed by atoms with Crippen LogP contribution in [0.1, 0.15) is 15.2 Å². The minimum atomic E-state index is -1.08. The van der Waals surface area contributed by atoms with Crippen molar-refractivity contribution in [1.29, 1.82) is 0 Å². The van der Waals surface area contributed by atoms with Crippen LogP contribution in [-0.2, 0) is 16.0 Å². The Bertz CT molecular complexity index is 950. The first-order valence-corrected chi connectivity index (χ1v) is 8.24. The third-order valence-electron chi connectivity index (χ3n) is 3.54. The number of fused-ring (bicyclic) bond motifs is 1. The summed E-state index contributed by atoms with van der Waals surface area (Å²) < 4.78 is 0.801. The van der Waals surface area contributed by atoms with Gasteiger partial charge in [-0.2, -0.15) is 0 Å². The van der Waals surface area contributed by atoms with E-state index in [1.54, 1.807) is 24.3 Å². The molecule has 0 aliphatic rings. The number of benzene rings is 2. The molecule has 2 aromatic carbocycles. The number of amides is 2. The Labute approximate surface area is 147 Å². The number of ketones is 1. The standard InChI is InChI=1S/C18H14N2O4S/c21-16(8-11-4-2-1-3-5-11)19-13-6-7-14-12(9-13)10-15(25-14)17(22)18(23)20-24/h1-7,9-10,24H,8H2,(H,19,21)(H,20,23). The smallest absolute Gasteiger partial charge is 0.316 e. The zero-order valence-corrected chi connectivity index (χ0v) is 13.8. The van der Waals surface area contributed by atoms with E-state index >= 15 is 0 Å². The Balaban J connectivity index is 1.76. The van der Waals surface area contributed by atoms with Crippen molar-refractivity contribution in [2.24, 2.45) is 0 Å². The van der Waals surface area contributed by atoms with E-state index in [1.165, 1.54) is 5.48 Å². The Morgan fingerprint density at radius 1 is 1.00 bits per heavy atom. The molecule has 0 unspecified atom stereocenters. The van der Waals surface area contributed by atoms with Gasteiger partial charge >= 0.3 is 5.91 Å². The van der Waals surface area contributed by atoms with Crippen molar-refractivity contribution in [3.8, 4) is 0 Å². The van der Waals surface area contributed by atoms with Crippen molar-refractivity contribution >= 4 is 44.7 Å². The van der Waals surface area contributed by atoms with Crippen molar-refractivity contribution in [1.82, 2.24) is 5.48 Å². The highest BCUT2D eigenvalue weighted by Gasteiger charge is 2.18. The van der Waals surface area contributed by atoms with Gasteiger partial charge < -0.3 is 5.32 Å². The van der Waals surface area contributed by atoms with Gasteiger partial charge in [0.2, 0.25) is 5.91 Å². The average Bonchev–Trinajstić information content (AvgIpc) is 3.04. The van der Waals surface area contributed by atoms with Crippen molar-refractivity contribution in [3.63, 3.8) is 0 Å². The lowest BCUT2D eigenvalue weighted by molar-refractivity contribution is -0.124. The molecule has 0 atom stereocenters. The van der Waals surface area contributed by atoms with Gasteiger partial charge in [0.05, 0.1) is 11.3 Å². The van der Waals surface area contributed by atoms with Crippen LogP contribution in [0.4, 0.5) is 5.69 Å². The zero-order chi connectivity index (χ0) is 17.8. The van der Waals surface area contributed by atoms with Gasteiger partial charge in [-0.15, -0.1) is 11.3 Å². The van der Waals surface area contributed by atoms with Crippen LogP contribution in [0.3, 0.4) is 0 Å². The molecule has 0 saturated heterocycles. The summed E-state index contributed by atoms with van der Waals surface area (Å²) in [5.74, 6) is -2.03. The van der Waals surface area contributed by atoms with Crippen LogP contribution < -0.4 is 10.8 Å². The van der Waals surface area contributed by atoms with E-state index in [0.29, 0.717) is 5.69 Å². The predicted octanol–water partition coefficient (Wildman–Crippen LogP) is 2.77. The summed E-state index contributed by atoms with van der Waals surface area (Å²) in [6.45, 7) is 0. The number of hydrogen-bond acceptors (Lipinski definition) is 5. The molecule has 3 rings (SSSR count). The number of anilines is 1. The Morgan fingerprint density at radius 2 is 1.76 bits per heavy atom. The molecule has 126 valence electrons. The first-order valence-electron chi connectivity index (χ1n) is 7.43. The summed E-state index contributed by atoms with van der Waals surface area (Å²) in [6.07, 6.45) is 0.267. The number of nitrogens with one attached hydrogen (secondary N) is 2. The third-order valence-corrected chi connectivity index (χ3v) is 4.65. The lowest BCUT2D eigenvalue weighted by Crippen LogP contribution is -2.27. The van der Waals surface area contributed by atoms with E-state index in [9.17, 15) is 14.4 Å². The topological polar surface area (TPSA) is 95.5 Å². The largest absolute Gasteiger partial charge is 0.326 e. The van der Waals surface area contributed by atoms with Crippen molar-refractivity contribution in [3.05, 3.63) is 65.0 Å². The Hall–Kier alpha value is -3.03. The summed E-state index contributed by atoms with van der Waals surface area (Å²) in [6, 6.07) is 16.2. The quantitative estimate of drug-likeness (QED) is 0.284. The molecule has 1 aromatic heterocycles. The monoisotopic (exact) mass is 354 g/mol. The molecular weight excluding hydrogens is 340 g/mol. The van der Waals surface area contributed by atoms with Gasteiger partial charge in [-0.25, -0.2) is 5.48 Å². The zero-order valence-electron chi connectivity index (χ0n) is 13.0. The summed E-state index contributed by atoms with van der Waals surface area (Å²) >= 11 is 1.15. The summed E-state index contributed by atoms with van der Waals surface area (Å²) in [5.41, 5.74) is 2.85. The molecular formula is C18H14N2O4S. The van der Waals surface area contributed by atoms with Crippen LogP contribution >= 0.6 is 11.3 Å². The average molecular weight is 354 g/mol. The molecule has 1 heterocycles. The molecule has 0 bridgehead atoms. The SMILES string of the molecule is O=C(Cc1ccccc1)Nc1ccc2sc(C(=O)C(=O)NO)cc2c1. The second-order valence-electron chi connectivity index (χ2n) is 5.34. The molecule has 0 spiro atoms. The maximum absolute atomic E-state index is 12.1. The van der Waals surface area contributed by atoms with Crippen LogP contribution in [0, 0.1) is 0 Å². The summed E-state index contributed by atoms with van der Waals surface area (Å²) in [4.78, 5) is 35.3. The van der Waals surface area contributed by atoms with Gasteiger partial charge in [0.25, 0.3) is 5.78 Å². The van der Waals surface area contributed by atoms with Crippen LogP contribution in [0.5, 0.6) is 0 Å². The van der Waals surface area contributed by atoms with Gasteiger partial charge in [-0.3, -0.25) is 19.6 Å². The normalized spacial score (nSPS) is 10.4. The third kappa shape index (κ3) is 3.90. The van der Waals surface area contributed by atoms with E-state index in [4.69, 9.17) is 5.21 Å². The number of carbonyl (C=O) groups excluding carboxylic acids is 3. The number of Topliss-reactive ketones (excluding diaryl/α,β-unsaturated/α-hetero) is 1. The predicted molar refractivity (Wildman–Crippen MR) is 94.9 cm³/mol. The fraction of sp³-hybridized carbons (Fsp3) is 0.0556. The number of rotatable bonds is 5. The number of hydroxylamine groups is 1. The Kier molecular flexibility index (Phi) is 4.87. The number of carbonyl (C=O) groups is 3.